The number of alkyl halides is 3. The highest BCUT2D eigenvalue weighted by Gasteiger charge is 2.30. The zero-order valence-corrected chi connectivity index (χ0v) is 15.2. The molecule has 1 aromatic rings. The summed E-state index contributed by atoms with van der Waals surface area (Å²) in [6.45, 7) is 3.77. The molecule has 0 spiro atoms. The molecule has 0 radical (unpaired) electrons. The van der Waals surface area contributed by atoms with Crippen LogP contribution < -0.4 is 5.32 Å². The van der Waals surface area contributed by atoms with Crippen LogP contribution in [0, 0.1) is 0 Å². The van der Waals surface area contributed by atoms with Gasteiger partial charge in [0.05, 0.1) is 36.3 Å². The molecule has 1 fully saturated rings. The topological polar surface area (TPSA) is 58.6 Å². The molecule has 1 aliphatic rings. The fourth-order valence-electron chi connectivity index (χ4n) is 2.49. The second kappa shape index (κ2) is 9.27. The molecule has 5 nitrogen and oxygen atoms in total. The van der Waals surface area contributed by atoms with E-state index in [-0.39, 0.29) is 23.3 Å². The number of thioether (sulfide) groups is 1. The summed E-state index contributed by atoms with van der Waals surface area (Å²) in [6, 6.07) is 4.32. The molecule has 9 heteroatoms. The summed E-state index contributed by atoms with van der Waals surface area (Å²) in [5.74, 6) is -0.114. The molecule has 1 unspecified atom stereocenters. The predicted molar refractivity (Wildman–Crippen MR) is 92.7 cm³/mol. The van der Waals surface area contributed by atoms with Gasteiger partial charge < -0.3 is 15.0 Å². The quantitative estimate of drug-likeness (QED) is 0.811. The number of morpholine rings is 1. The number of nitrogens with one attached hydrogen (secondary N) is 1. The number of nitrogens with zero attached hydrogens (tertiary/aromatic N) is 1. The van der Waals surface area contributed by atoms with Crippen LogP contribution in [0.25, 0.3) is 0 Å². The van der Waals surface area contributed by atoms with Crippen LogP contribution >= 0.6 is 11.8 Å². The fraction of sp³-hybridized carbons (Fsp3) is 0.529. The maximum absolute atomic E-state index is 12.8. The van der Waals surface area contributed by atoms with E-state index in [2.05, 4.69) is 5.32 Å². The highest BCUT2D eigenvalue weighted by atomic mass is 32.2. The average molecular weight is 390 g/mol. The van der Waals surface area contributed by atoms with Gasteiger partial charge in [0.1, 0.15) is 0 Å². The molecule has 1 N–H and O–H groups in total. The van der Waals surface area contributed by atoms with Crippen LogP contribution in [0.1, 0.15) is 24.1 Å². The van der Waals surface area contributed by atoms with Gasteiger partial charge in [0.15, 0.2) is 0 Å². The van der Waals surface area contributed by atoms with Crippen molar-refractivity contribution in [3.63, 3.8) is 0 Å². The Kier molecular flexibility index (Phi) is 7.33. The third-order valence-electron chi connectivity index (χ3n) is 3.91. The van der Waals surface area contributed by atoms with E-state index in [1.807, 2.05) is 0 Å². The van der Waals surface area contributed by atoms with Gasteiger partial charge in [-0.1, -0.05) is 12.1 Å². The number of carbonyl (C=O) groups excluding carboxylic acids is 2. The first-order valence-corrected chi connectivity index (χ1v) is 9.32. The highest BCUT2D eigenvalue weighted by Crippen LogP contribution is 2.30. The van der Waals surface area contributed by atoms with Gasteiger partial charge in [-0.2, -0.15) is 13.2 Å². The molecule has 1 saturated heterocycles. The normalized spacial score (nSPS) is 16.2. The minimum atomic E-state index is -4.42. The van der Waals surface area contributed by atoms with E-state index < -0.39 is 17.8 Å². The maximum Gasteiger partial charge on any atom is 0.416 e. The molecule has 1 aliphatic heterocycles. The summed E-state index contributed by atoms with van der Waals surface area (Å²) < 4.78 is 43.4. The Balaban J connectivity index is 1.77. The Morgan fingerprint density at radius 1 is 1.27 bits per heavy atom. The van der Waals surface area contributed by atoms with E-state index in [1.54, 1.807) is 11.8 Å². The van der Waals surface area contributed by atoms with Crippen molar-refractivity contribution in [1.29, 1.82) is 0 Å². The molecule has 0 saturated carbocycles. The maximum atomic E-state index is 12.8. The highest BCUT2D eigenvalue weighted by molar-refractivity contribution is 8.00. The number of rotatable bonds is 6. The second-order valence-electron chi connectivity index (χ2n) is 5.90. The molecular weight excluding hydrogens is 369 g/mol. The number of carbonyl (C=O) groups is 2. The molecule has 1 heterocycles. The van der Waals surface area contributed by atoms with E-state index >= 15 is 0 Å². The van der Waals surface area contributed by atoms with E-state index in [4.69, 9.17) is 4.74 Å². The SMILES string of the molecule is CC(NC(=O)CSCC(=O)N1CCOCC1)c1cccc(C(F)(F)F)c1. The summed E-state index contributed by atoms with van der Waals surface area (Å²) in [7, 11) is 0. The minimum absolute atomic E-state index is 0.0444. The van der Waals surface area contributed by atoms with Crippen molar-refractivity contribution >= 4 is 23.6 Å². The lowest BCUT2D eigenvalue weighted by Gasteiger charge is -2.26. The first kappa shape index (κ1) is 20.6. The molecule has 1 aromatic carbocycles. The number of benzene rings is 1. The van der Waals surface area contributed by atoms with Crippen LogP contribution in [0.15, 0.2) is 24.3 Å². The minimum Gasteiger partial charge on any atom is -0.378 e. The van der Waals surface area contributed by atoms with Crippen molar-refractivity contribution in [3.05, 3.63) is 35.4 Å². The van der Waals surface area contributed by atoms with Gasteiger partial charge in [0.2, 0.25) is 11.8 Å². The number of amides is 2. The van der Waals surface area contributed by atoms with Crippen molar-refractivity contribution in [1.82, 2.24) is 10.2 Å². The zero-order valence-electron chi connectivity index (χ0n) is 14.3. The molecule has 0 aliphatic carbocycles. The molecule has 0 bridgehead atoms. The van der Waals surface area contributed by atoms with Gasteiger partial charge in [-0.25, -0.2) is 0 Å². The summed E-state index contributed by atoms with van der Waals surface area (Å²) in [5.41, 5.74) is -0.371. The van der Waals surface area contributed by atoms with Gasteiger partial charge in [0, 0.05) is 13.1 Å². The van der Waals surface area contributed by atoms with Crippen LogP contribution in [0.4, 0.5) is 13.2 Å². The van der Waals surface area contributed by atoms with Crippen molar-refractivity contribution in [3.8, 4) is 0 Å². The lowest BCUT2D eigenvalue weighted by atomic mass is 10.0. The van der Waals surface area contributed by atoms with Gasteiger partial charge in [-0.05, 0) is 24.6 Å². The third-order valence-corrected chi connectivity index (χ3v) is 4.83. The van der Waals surface area contributed by atoms with E-state index in [0.29, 0.717) is 31.9 Å². The van der Waals surface area contributed by atoms with Crippen LogP contribution in [0.2, 0.25) is 0 Å². The lowest BCUT2D eigenvalue weighted by molar-refractivity contribution is -0.137. The average Bonchev–Trinajstić information content (AvgIpc) is 2.61. The molecule has 2 amide bonds. The lowest BCUT2D eigenvalue weighted by Crippen LogP contribution is -2.41. The summed E-state index contributed by atoms with van der Waals surface area (Å²) in [4.78, 5) is 25.6. The first-order chi connectivity index (χ1) is 12.3. The standard InChI is InChI=1S/C17H21F3N2O3S/c1-12(13-3-2-4-14(9-13)17(18,19)20)21-15(23)10-26-11-16(24)22-5-7-25-8-6-22/h2-4,9,12H,5-8,10-11H2,1H3,(H,21,23). The van der Waals surface area contributed by atoms with Crippen molar-refractivity contribution in [2.24, 2.45) is 0 Å². The Morgan fingerprint density at radius 2 is 1.96 bits per heavy atom. The van der Waals surface area contributed by atoms with Crippen molar-refractivity contribution in [2.45, 2.75) is 19.1 Å². The predicted octanol–water partition coefficient (Wildman–Crippen LogP) is 2.47. The Morgan fingerprint density at radius 3 is 2.62 bits per heavy atom. The molecule has 1 atom stereocenters. The van der Waals surface area contributed by atoms with Crippen LogP contribution in [-0.4, -0.2) is 54.5 Å². The van der Waals surface area contributed by atoms with Crippen molar-refractivity contribution in [2.75, 3.05) is 37.8 Å². The summed E-state index contributed by atoms with van der Waals surface area (Å²) >= 11 is 1.18. The first-order valence-electron chi connectivity index (χ1n) is 8.17. The van der Waals surface area contributed by atoms with Gasteiger partial charge in [-0.15, -0.1) is 11.8 Å². The number of halogens is 3. The largest absolute Gasteiger partial charge is 0.416 e. The van der Waals surface area contributed by atoms with Gasteiger partial charge >= 0.3 is 6.18 Å². The second-order valence-corrected chi connectivity index (χ2v) is 6.88. The molecular formula is C17H21F3N2O3S. The third kappa shape index (κ3) is 6.21. The van der Waals surface area contributed by atoms with Crippen LogP contribution in [-0.2, 0) is 20.5 Å². The van der Waals surface area contributed by atoms with E-state index in [9.17, 15) is 22.8 Å². The van der Waals surface area contributed by atoms with Crippen LogP contribution in [0.5, 0.6) is 0 Å². The number of hydrogen-bond donors (Lipinski definition) is 1. The molecule has 0 aromatic heterocycles. The van der Waals surface area contributed by atoms with Gasteiger partial charge in [0.25, 0.3) is 0 Å². The monoisotopic (exact) mass is 390 g/mol. The Hall–Kier alpha value is -1.74. The smallest absolute Gasteiger partial charge is 0.378 e. The number of ether oxygens (including phenoxy) is 1. The molecule has 2 rings (SSSR count). The summed E-state index contributed by atoms with van der Waals surface area (Å²) in [5, 5.41) is 2.66. The molecule has 144 valence electrons. The summed E-state index contributed by atoms with van der Waals surface area (Å²) in [6.07, 6.45) is -4.42. The number of hydrogen-bond acceptors (Lipinski definition) is 4. The van der Waals surface area contributed by atoms with Gasteiger partial charge in [-0.3, -0.25) is 9.59 Å². The Bertz CT molecular complexity index is 634. The van der Waals surface area contributed by atoms with Crippen LogP contribution in [0.3, 0.4) is 0 Å². The van der Waals surface area contributed by atoms with Crippen molar-refractivity contribution < 1.29 is 27.5 Å². The fourth-order valence-corrected chi connectivity index (χ4v) is 3.21. The van der Waals surface area contributed by atoms with E-state index in [1.165, 1.54) is 23.9 Å². The zero-order chi connectivity index (χ0) is 19.2. The molecule has 26 heavy (non-hydrogen) atoms. The Labute approximate surface area is 154 Å². The van der Waals surface area contributed by atoms with E-state index in [0.717, 1.165) is 12.1 Å².